The number of nitrogens with zero attached hydrogens (tertiary/aromatic N) is 5. The number of aromatic nitrogens is 4. The summed E-state index contributed by atoms with van der Waals surface area (Å²) >= 11 is 1.75. The van der Waals surface area contributed by atoms with E-state index in [1.165, 1.54) is 0 Å². The molecule has 1 aliphatic rings. The van der Waals surface area contributed by atoms with Crippen LogP contribution in [0.5, 0.6) is 0 Å². The number of ether oxygens (including phenoxy) is 1. The number of pyridine rings is 1. The first-order chi connectivity index (χ1) is 11.1. The van der Waals surface area contributed by atoms with Crippen molar-refractivity contribution in [3.63, 3.8) is 0 Å². The highest BCUT2D eigenvalue weighted by atomic mass is 32.2. The third-order valence-electron chi connectivity index (χ3n) is 3.89. The summed E-state index contributed by atoms with van der Waals surface area (Å²) in [5.41, 5.74) is 0.991. The predicted octanol–water partition coefficient (Wildman–Crippen LogP) is 2.08. The van der Waals surface area contributed by atoms with Crippen molar-refractivity contribution >= 4 is 11.8 Å². The minimum absolute atomic E-state index is 0.316. The van der Waals surface area contributed by atoms with Gasteiger partial charge < -0.3 is 9.30 Å². The van der Waals surface area contributed by atoms with Gasteiger partial charge in [-0.25, -0.2) is 0 Å². The van der Waals surface area contributed by atoms with Gasteiger partial charge in [-0.05, 0) is 26.0 Å². The van der Waals surface area contributed by atoms with E-state index in [1.54, 1.807) is 18.0 Å². The third-order valence-corrected chi connectivity index (χ3v) is 4.89. The molecular weight excluding hydrogens is 310 g/mol. The fraction of sp³-hybridized carbons (Fsp3) is 0.562. The van der Waals surface area contributed by atoms with Gasteiger partial charge in [-0.2, -0.15) is 0 Å². The molecule has 2 atom stereocenters. The van der Waals surface area contributed by atoms with E-state index in [0.717, 1.165) is 41.9 Å². The van der Waals surface area contributed by atoms with Crippen molar-refractivity contribution < 1.29 is 4.74 Å². The molecule has 0 bridgehead atoms. The van der Waals surface area contributed by atoms with E-state index in [0.29, 0.717) is 12.2 Å². The molecule has 2 aromatic rings. The van der Waals surface area contributed by atoms with Crippen LogP contribution >= 0.6 is 11.8 Å². The number of morpholine rings is 1. The molecule has 3 rings (SSSR count). The molecule has 0 saturated carbocycles. The van der Waals surface area contributed by atoms with Gasteiger partial charge in [-0.15, -0.1) is 10.2 Å². The van der Waals surface area contributed by atoms with Crippen molar-refractivity contribution in [3.05, 3.63) is 24.5 Å². The van der Waals surface area contributed by atoms with Gasteiger partial charge in [0.1, 0.15) is 0 Å². The molecule has 0 spiro atoms. The summed E-state index contributed by atoms with van der Waals surface area (Å²) in [6, 6.07) is 3.92. The monoisotopic (exact) mass is 333 g/mol. The molecule has 2 aromatic heterocycles. The lowest BCUT2D eigenvalue weighted by molar-refractivity contribution is -0.0661. The maximum Gasteiger partial charge on any atom is 0.191 e. The van der Waals surface area contributed by atoms with Gasteiger partial charge in [0, 0.05) is 50.4 Å². The zero-order valence-electron chi connectivity index (χ0n) is 13.8. The van der Waals surface area contributed by atoms with Gasteiger partial charge in [-0.3, -0.25) is 9.88 Å². The van der Waals surface area contributed by atoms with E-state index in [1.807, 2.05) is 29.9 Å². The first-order valence-corrected chi connectivity index (χ1v) is 8.92. The van der Waals surface area contributed by atoms with E-state index in [9.17, 15) is 0 Å². The normalized spacial score (nSPS) is 22.4. The molecule has 0 unspecified atom stereocenters. The second kappa shape index (κ2) is 7.42. The first-order valence-electron chi connectivity index (χ1n) is 7.94. The Hall–Kier alpha value is -1.44. The fourth-order valence-electron chi connectivity index (χ4n) is 2.92. The van der Waals surface area contributed by atoms with Gasteiger partial charge >= 0.3 is 0 Å². The molecule has 23 heavy (non-hydrogen) atoms. The molecule has 0 aliphatic carbocycles. The van der Waals surface area contributed by atoms with Crippen molar-refractivity contribution in [2.75, 3.05) is 25.4 Å². The Morgan fingerprint density at radius 2 is 2.04 bits per heavy atom. The van der Waals surface area contributed by atoms with Crippen molar-refractivity contribution in [2.24, 2.45) is 7.05 Å². The third kappa shape index (κ3) is 4.10. The van der Waals surface area contributed by atoms with Gasteiger partial charge in [0.15, 0.2) is 11.0 Å². The lowest BCUT2D eigenvalue weighted by Crippen LogP contribution is -2.46. The summed E-state index contributed by atoms with van der Waals surface area (Å²) in [7, 11) is 2.00. The Bertz CT molecular complexity index is 623. The van der Waals surface area contributed by atoms with E-state index in [-0.39, 0.29) is 0 Å². The van der Waals surface area contributed by atoms with Crippen LogP contribution in [0, 0.1) is 0 Å². The Morgan fingerprint density at radius 1 is 1.26 bits per heavy atom. The SMILES string of the molecule is C[C@@H]1CN(CCSc2nnc(-c3cccnc3)n2C)C[C@H](C)O1. The minimum atomic E-state index is 0.316. The minimum Gasteiger partial charge on any atom is -0.373 e. The maximum absolute atomic E-state index is 5.77. The van der Waals surface area contributed by atoms with Crippen LogP contribution in [-0.2, 0) is 11.8 Å². The quantitative estimate of drug-likeness (QED) is 0.781. The van der Waals surface area contributed by atoms with Crippen LogP contribution in [0.25, 0.3) is 11.4 Å². The Kier molecular flexibility index (Phi) is 5.30. The van der Waals surface area contributed by atoms with E-state index >= 15 is 0 Å². The summed E-state index contributed by atoms with van der Waals surface area (Å²) in [4.78, 5) is 6.61. The molecule has 6 nitrogen and oxygen atoms in total. The zero-order valence-corrected chi connectivity index (χ0v) is 14.7. The van der Waals surface area contributed by atoms with E-state index < -0.39 is 0 Å². The van der Waals surface area contributed by atoms with Crippen molar-refractivity contribution in [3.8, 4) is 11.4 Å². The summed E-state index contributed by atoms with van der Waals surface area (Å²) in [5.74, 6) is 1.85. The molecule has 1 saturated heterocycles. The van der Waals surface area contributed by atoms with E-state index in [2.05, 4.69) is 33.9 Å². The highest BCUT2D eigenvalue weighted by molar-refractivity contribution is 7.99. The number of rotatable bonds is 5. The zero-order chi connectivity index (χ0) is 16.2. The number of hydrogen-bond acceptors (Lipinski definition) is 6. The average molecular weight is 333 g/mol. The van der Waals surface area contributed by atoms with Crippen molar-refractivity contribution in [1.29, 1.82) is 0 Å². The van der Waals surface area contributed by atoms with Crippen LogP contribution in [0.4, 0.5) is 0 Å². The van der Waals surface area contributed by atoms with Crippen LogP contribution in [0.3, 0.4) is 0 Å². The smallest absolute Gasteiger partial charge is 0.191 e. The summed E-state index contributed by atoms with van der Waals surface area (Å²) in [5, 5.41) is 9.55. The summed E-state index contributed by atoms with van der Waals surface area (Å²) < 4.78 is 7.81. The largest absolute Gasteiger partial charge is 0.373 e. The molecule has 7 heteroatoms. The predicted molar refractivity (Wildman–Crippen MR) is 91.4 cm³/mol. The highest BCUT2D eigenvalue weighted by Crippen LogP contribution is 2.22. The molecule has 0 radical (unpaired) electrons. The molecule has 0 amide bonds. The van der Waals surface area contributed by atoms with Gasteiger partial charge in [0.05, 0.1) is 12.2 Å². The lowest BCUT2D eigenvalue weighted by atomic mass is 10.2. The van der Waals surface area contributed by atoms with Crippen LogP contribution < -0.4 is 0 Å². The van der Waals surface area contributed by atoms with Gasteiger partial charge in [0.25, 0.3) is 0 Å². The first kappa shape index (κ1) is 16.4. The molecule has 1 fully saturated rings. The maximum atomic E-state index is 5.77. The molecule has 0 N–H and O–H groups in total. The summed E-state index contributed by atoms with van der Waals surface area (Å²) in [6.45, 7) is 7.32. The van der Waals surface area contributed by atoms with Gasteiger partial charge in [-0.1, -0.05) is 11.8 Å². The number of thioether (sulfide) groups is 1. The second-order valence-electron chi connectivity index (χ2n) is 5.97. The van der Waals surface area contributed by atoms with Gasteiger partial charge in [0.2, 0.25) is 0 Å². The second-order valence-corrected chi connectivity index (χ2v) is 7.03. The molecule has 0 aromatic carbocycles. The van der Waals surface area contributed by atoms with Crippen LogP contribution in [0.15, 0.2) is 29.7 Å². The summed E-state index contributed by atoms with van der Waals surface area (Å²) in [6.07, 6.45) is 4.21. The van der Waals surface area contributed by atoms with Crippen LogP contribution in [0.2, 0.25) is 0 Å². The highest BCUT2D eigenvalue weighted by Gasteiger charge is 2.21. The van der Waals surface area contributed by atoms with Crippen LogP contribution in [-0.4, -0.2) is 62.2 Å². The van der Waals surface area contributed by atoms with Crippen molar-refractivity contribution in [1.82, 2.24) is 24.6 Å². The Morgan fingerprint density at radius 3 is 2.74 bits per heavy atom. The Balaban J connectivity index is 1.56. The van der Waals surface area contributed by atoms with Crippen molar-refractivity contribution in [2.45, 2.75) is 31.2 Å². The topological polar surface area (TPSA) is 56.1 Å². The van der Waals surface area contributed by atoms with Crippen LogP contribution in [0.1, 0.15) is 13.8 Å². The number of hydrogen-bond donors (Lipinski definition) is 0. The fourth-order valence-corrected chi connectivity index (χ4v) is 3.83. The lowest BCUT2D eigenvalue weighted by Gasteiger charge is -2.35. The standard InChI is InChI=1S/C16H23N5OS/c1-12-10-21(11-13(2)22-12)7-8-23-16-19-18-15(20(16)3)14-5-4-6-17-9-14/h4-6,9,12-13H,7-8,10-11H2,1-3H3/t12-,13+. The Labute approximate surface area is 141 Å². The molecule has 1 aliphatic heterocycles. The average Bonchev–Trinajstić information content (AvgIpc) is 2.88. The van der Waals surface area contributed by atoms with E-state index in [4.69, 9.17) is 4.74 Å². The molecule has 124 valence electrons. The molecular formula is C16H23N5OS. The molecule has 3 heterocycles.